The molecule has 0 amide bonds. The highest BCUT2D eigenvalue weighted by atomic mass is 16.3. The van der Waals surface area contributed by atoms with E-state index in [9.17, 15) is 0 Å². The Labute approximate surface area is 87.1 Å². The van der Waals surface area contributed by atoms with Gasteiger partial charge in [0.05, 0.1) is 17.6 Å². The fraction of sp³-hybridized carbons (Fsp3) is 0.909. The van der Waals surface area contributed by atoms with Gasteiger partial charge in [-0.05, 0) is 53.1 Å². The summed E-state index contributed by atoms with van der Waals surface area (Å²) in [5.41, 5.74) is -0.202. The van der Waals surface area contributed by atoms with Crippen molar-refractivity contribution in [3.8, 4) is 6.07 Å². The van der Waals surface area contributed by atoms with Crippen LogP contribution in [-0.4, -0.2) is 24.3 Å². The van der Waals surface area contributed by atoms with Gasteiger partial charge in [-0.2, -0.15) is 5.26 Å². The monoisotopic (exact) mass is 198 g/mol. The van der Waals surface area contributed by atoms with E-state index in [1.165, 1.54) is 0 Å². The van der Waals surface area contributed by atoms with Crippen molar-refractivity contribution in [1.82, 2.24) is 5.32 Å². The Morgan fingerprint density at radius 1 is 1.43 bits per heavy atom. The first-order chi connectivity index (χ1) is 6.48. The van der Waals surface area contributed by atoms with E-state index in [2.05, 4.69) is 11.4 Å². The van der Waals surface area contributed by atoms with E-state index >= 15 is 0 Å². The lowest BCUT2D eigenvalue weighted by molar-refractivity contribution is 0.183. The summed E-state index contributed by atoms with van der Waals surface area (Å²) in [7, 11) is 0. The van der Waals surface area contributed by atoms with Gasteiger partial charge in [-0.1, -0.05) is 0 Å². The van der Waals surface area contributed by atoms with Crippen LogP contribution in [0.25, 0.3) is 0 Å². The summed E-state index contributed by atoms with van der Waals surface area (Å²) in [6.45, 7) is 7.49. The molecular weight excluding hydrogens is 176 g/mol. The Hall–Kier alpha value is -0.590. The van der Waals surface area contributed by atoms with Gasteiger partial charge in [-0.3, -0.25) is 0 Å². The van der Waals surface area contributed by atoms with Crippen LogP contribution in [0.3, 0.4) is 0 Å². The van der Waals surface area contributed by atoms with E-state index in [4.69, 9.17) is 10.4 Å². The van der Waals surface area contributed by atoms with Crippen molar-refractivity contribution in [2.24, 2.45) is 5.41 Å². The molecule has 0 aromatic heterocycles. The predicted molar refractivity (Wildman–Crippen MR) is 57.8 cm³/mol. The molecule has 0 rings (SSSR count). The second-order valence-electron chi connectivity index (χ2n) is 4.49. The molecule has 14 heavy (non-hydrogen) atoms. The van der Waals surface area contributed by atoms with Crippen LogP contribution in [0.15, 0.2) is 0 Å². The van der Waals surface area contributed by atoms with E-state index in [0.29, 0.717) is 0 Å². The number of aliphatic hydroxyl groups excluding tert-OH is 1. The zero-order valence-corrected chi connectivity index (χ0v) is 9.51. The van der Waals surface area contributed by atoms with Gasteiger partial charge < -0.3 is 10.4 Å². The topological polar surface area (TPSA) is 56.0 Å². The van der Waals surface area contributed by atoms with Crippen molar-refractivity contribution in [1.29, 1.82) is 5.26 Å². The Morgan fingerprint density at radius 2 is 2.07 bits per heavy atom. The third kappa shape index (κ3) is 8.03. The molecule has 0 spiro atoms. The largest absolute Gasteiger partial charge is 0.393 e. The molecule has 0 aromatic rings. The molecule has 0 heterocycles. The maximum atomic E-state index is 8.99. The Balaban J connectivity index is 3.27. The molecule has 2 N–H and O–H groups in total. The Bertz CT molecular complexity index is 182. The summed E-state index contributed by atoms with van der Waals surface area (Å²) in [6.07, 6.45) is 2.51. The van der Waals surface area contributed by atoms with Gasteiger partial charge in [0.2, 0.25) is 0 Å². The molecule has 0 aliphatic rings. The summed E-state index contributed by atoms with van der Waals surface area (Å²) in [5, 5.41) is 21.0. The lowest BCUT2D eigenvalue weighted by atomic mass is 9.90. The molecule has 0 radical (unpaired) electrons. The fourth-order valence-corrected chi connectivity index (χ4v) is 1.15. The maximum absolute atomic E-state index is 8.99. The number of hydrogen-bond donors (Lipinski definition) is 2. The van der Waals surface area contributed by atoms with Crippen LogP contribution < -0.4 is 5.32 Å². The molecular formula is C11H22N2O. The maximum Gasteiger partial charge on any atom is 0.0683 e. The van der Waals surface area contributed by atoms with Crippen LogP contribution in [0, 0.1) is 16.7 Å². The number of nitrogens with zero attached hydrogens (tertiary/aromatic N) is 1. The summed E-state index contributed by atoms with van der Waals surface area (Å²) in [5.74, 6) is 0. The third-order valence-electron chi connectivity index (χ3n) is 2.20. The first kappa shape index (κ1) is 13.4. The van der Waals surface area contributed by atoms with Gasteiger partial charge in [0.25, 0.3) is 0 Å². The van der Waals surface area contributed by atoms with Crippen LogP contribution >= 0.6 is 0 Å². The van der Waals surface area contributed by atoms with Gasteiger partial charge in [0.1, 0.15) is 0 Å². The molecule has 0 saturated carbocycles. The summed E-state index contributed by atoms with van der Waals surface area (Å²) in [4.78, 5) is 0. The molecule has 0 aliphatic heterocycles. The van der Waals surface area contributed by atoms with E-state index < -0.39 is 0 Å². The highest BCUT2D eigenvalue weighted by molar-refractivity contribution is 4.91. The molecule has 0 aliphatic carbocycles. The van der Waals surface area contributed by atoms with Crippen molar-refractivity contribution in [2.45, 2.75) is 46.1 Å². The molecule has 0 fully saturated rings. The van der Waals surface area contributed by atoms with Gasteiger partial charge in [-0.25, -0.2) is 0 Å². The van der Waals surface area contributed by atoms with Gasteiger partial charge in [-0.15, -0.1) is 0 Å². The van der Waals surface area contributed by atoms with Crippen LogP contribution in [0.1, 0.15) is 40.0 Å². The first-order valence-electron chi connectivity index (χ1n) is 5.28. The summed E-state index contributed by atoms with van der Waals surface area (Å²) >= 11 is 0. The molecule has 1 unspecified atom stereocenters. The van der Waals surface area contributed by atoms with E-state index in [-0.39, 0.29) is 11.5 Å². The highest BCUT2D eigenvalue weighted by Crippen LogP contribution is 2.19. The molecule has 3 heteroatoms. The number of aliphatic hydroxyl groups is 1. The minimum absolute atomic E-state index is 0.202. The average molecular weight is 198 g/mol. The quantitative estimate of drug-likeness (QED) is 0.612. The molecule has 0 bridgehead atoms. The smallest absolute Gasteiger partial charge is 0.0683 e. The van der Waals surface area contributed by atoms with E-state index in [1.54, 1.807) is 6.92 Å². The Morgan fingerprint density at radius 3 is 2.57 bits per heavy atom. The second kappa shape index (κ2) is 6.80. The zero-order chi connectivity index (χ0) is 11.0. The van der Waals surface area contributed by atoms with Crippen LogP contribution in [0.2, 0.25) is 0 Å². The number of rotatable bonds is 7. The molecule has 0 saturated heterocycles. The molecule has 82 valence electrons. The Kier molecular flexibility index (Phi) is 6.52. The van der Waals surface area contributed by atoms with Crippen LogP contribution in [0.4, 0.5) is 0 Å². The van der Waals surface area contributed by atoms with E-state index in [0.717, 1.165) is 32.4 Å². The highest BCUT2D eigenvalue weighted by Gasteiger charge is 2.15. The standard InChI is InChI=1S/C11H22N2O/c1-10(14)5-8-13-7-4-6-11(2,3)9-12/h10,13-14H,4-8H2,1-3H3. The second-order valence-corrected chi connectivity index (χ2v) is 4.49. The minimum Gasteiger partial charge on any atom is -0.393 e. The normalized spacial score (nSPS) is 13.6. The molecule has 0 aromatic carbocycles. The lowest BCUT2D eigenvalue weighted by Crippen LogP contribution is -2.21. The number of nitriles is 1. The van der Waals surface area contributed by atoms with Crippen molar-refractivity contribution >= 4 is 0 Å². The lowest BCUT2D eigenvalue weighted by Gasteiger charge is -2.14. The van der Waals surface area contributed by atoms with Gasteiger partial charge in [0, 0.05) is 0 Å². The van der Waals surface area contributed by atoms with Gasteiger partial charge in [0.15, 0.2) is 0 Å². The van der Waals surface area contributed by atoms with E-state index in [1.807, 2.05) is 13.8 Å². The van der Waals surface area contributed by atoms with Crippen LogP contribution in [0.5, 0.6) is 0 Å². The van der Waals surface area contributed by atoms with Crippen molar-refractivity contribution in [3.05, 3.63) is 0 Å². The first-order valence-corrected chi connectivity index (χ1v) is 5.28. The number of hydrogen-bond acceptors (Lipinski definition) is 3. The van der Waals surface area contributed by atoms with Crippen molar-refractivity contribution in [2.75, 3.05) is 13.1 Å². The van der Waals surface area contributed by atoms with Crippen molar-refractivity contribution in [3.63, 3.8) is 0 Å². The summed E-state index contributed by atoms with van der Waals surface area (Å²) in [6, 6.07) is 2.28. The minimum atomic E-state index is -0.224. The van der Waals surface area contributed by atoms with Gasteiger partial charge >= 0.3 is 0 Å². The zero-order valence-electron chi connectivity index (χ0n) is 9.51. The third-order valence-corrected chi connectivity index (χ3v) is 2.20. The van der Waals surface area contributed by atoms with Crippen molar-refractivity contribution < 1.29 is 5.11 Å². The molecule has 1 atom stereocenters. The predicted octanol–water partition coefficient (Wildman–Crippen LogP) is 1.68. The SMILES string of the molecule is CC(O)CCNCCCC(C)(C)C#N. The number of nitrogens with one attached hydrogen (secondary N) is 1. The fourth-order valence-electron chi connectivity index (χ4n) is 1.15. The summed E-state index contributed by atoms with van der Waals surface area (Å²) < 4.78 is 0. The molecule has 3 nitrogen and oxygen atoms in total. The van der Waals surface area contributed by atoms with Crippen LogP contribution in [-0.2, 0) is 0 Å². The average Bonchev–Trinajstić information content (AvgIpc) is 2.10.